The molecule has 2 aromatic carbocycles. The van der Waals surface area contributed by atoms with E-state index >= 15 is 0 Å². The molecule has 4 heteroatoms. The van der Waals surface area contributed by atoms with Crippen molar-refractivity contribution in [3.8, 4) is 0 Å². The maximum atomic E-state index is 11.8. The molecule has 1 heterocycles. The first kappa shape index (κ1) is 12.1. The van der Waals surface area contributed by atoms with Crippen LogP contribution in [0.25, 0.3) is 0 Å². The van der Waals surface area contributed by atoms with E-state index in [-0.39, 0.29) is 5.97 Å². The third-order valence-corrected chi connectivity index (χ3v) is 4.15. The van der Waals surface area contributed by atoms with Crippen molar-refractivity contribution in [1.29, 1.82) is 0 Å². The highest BCUT2D eigenvalue weighted by Gasteiger charge is 2.24. The summed E-state index contributed by atoms with van der Waals surface area (Å²) in [7, 11) is 1.41. The van der Waals surface area contributed by atoms with Gasteiger partial charge < -0.3 is 9.64 Å². The van der Waals surface area contributed by atoms with E-state index in [9.17, 15) is 4.79 Å². The number of methoxy groups -OCH3 is 1. The number of anilines is 2. The highest BCUT2D eigenvalue weighted by atomic mass is 32.2. The van der Waals surface area contributed by atoms with Crippen molar-refractivity contribution in [2.75, 3.05) is 17.9 Å². The van der Waals surface area contributed by atoms with Gasteiger partial charge in [0.25, 0.3) is 0 Å². The summed E-state index contributed by atoms with van der Waals surface area (Å²) in [5.41, 5.74) is 2.64. The molecule has 0 unspecified atom stereocenters. The van der Waals surface area contributed by atoms with Crippen LogP contribution >= 0.6 is 11.8 Å². The molecular weight excluding hydrogens is 258 g/mol. The number of carbonyl (C=O) groups is 1. The number of fused-ring (bicyclic) bond motifs is 1. The summed E-state index contributed by atoms with van der Waals surface area (Å²) < 4.78 is 4.85. The second-order valence-electron chi connectivity index (χ2n) is 4.18. The minimum atomic E-state index is -0.301. The lowest BCUT2D eigenvalue weighted by Gasteiger charge is -2.20. The number of hydrogen-bond acceptors (Lipinski definition) is 4. The number of rotatable bonds is 2. The number of benzene rings is 2. The van der Waals surface area contributed by atoms with E-state index in [0.717, 1.165) is 17.3 Å². The lowest BCUT2D eigenvalue weighted by molar-refractivity contribution is 0.0601. The predicted octanol–water partition coefficient (Wildman–Crippen LogP) is 3.67. The smallest absolute Gasteiger partial charge is 0.339 e. The van der Waals surface area contributed by atoms with Crippen LogP contribution in [0.1, 0.15) is 10.4 Å². The van der Waals surface area contributed by atoms with Crippen LogP contribution < -0.4 is 4.90 Å². The average molecular weight is 271 g/mol. The van der Waals surface area contributed by atoms with E-state index in [1.54, 1.807) is 17.8 Å². The van der Waals surface area contributed by atoms with Crippen molar-refractivity contribution in [1.82, 2.24) is 0 Å². The van der Waals surface area contributed by atoms with E-state index in [1.165, 1.54) is 12.0 Å². The molecule has 1 aliphatic rings. The Kier molecular flexibility index (Phi) is 3.17. The van der Waals surface area contributed by atoms with Crippen molar-refractivity contribution >= 4 is 29.1 Å². The van der Waals surface area contributed by atoms with Gasteiger partial charge in [0.2, 0.25) is 0 Å². The summed E-state index contributed by atoms with van der Waals surface area (Å²) in [6.45, 7) is 0. The Morgan fingerprint density at radius 2 is 1.79 bits per heavy atom. The van der Waals surface area contributed by atoms with Crippen LogP contribution in [0.2, 0.25) is 0 Å². The molecular formula is C15H13NO2S. The first-order chi connectivity index (χ1) is 9.31. The molecule has 0 radical (unpaired) electrons. The highest BCUT2D eigenvalue weighted by Crippen LogP contribution is 2.43. The Balaban J connectivity index is 2.07. The number of ether oxygens (including phenoxy) is 1. The number of nitrogens with zero attached hydrogens (tertiary/aromatic N) is 1. The molecule has 0 N–H and O–H groups in total. The van der Waals surface area contributed by atoms with Crippen LogP contribution in [0.3, 0.4) is 0 Å². The lowest BCUT2D eigenvalue weighted by Crippen LogP contribution is -2.16. The molecule has 19 heavy (non-hydrogen) atoms. The van der Waals surface area contributed by atoms with Crippen LogP contribution in [-0.2, 0) is 4.74 Å². The van der Waals surface area contributed by atoms with Gasteiger partial charge in [-0.25, -0.2) is 4.79 Å². The van der Waals surface area contributed by atoms with Gasteiger partial charge >= 0.3 is 5.97 Å². The fourth-order valence-electron chi connectivity index (χ4n) is 2.20. The Hall–Kier alpha value is -1.94. The predicted molar refractivity (Wildman–Crippen MR) is 77.1 cm³/mol. The molecule has 0 atom stereocenters. The molecule has 0 saturated heterocycles. The van der Waals surface area contributed by atoms with Crippen LogP contribution in [0.5, 0.6) is 0 Å². The molecule has 0 aliphatic carbocycles. The van der Waals surface area contributed by atoms with E-state index in [2.05, 4.69) is 17.0 Å². The molecule has 3 rings (SSSR count). The molecule has 3 nitrogen and oxygen atoms in total. The van der Waals surface area contributed by atoms with Crippen LogP contribution in [0.15, 0.2) is 53.4 Å². The van der Waals surface area contributed by atoms with Gasteiger partial charge in [-0.05, 0) is 24.3 Å². The third-order valence-electron chi connectivity index (χ3n) is 3.11. The number of hydrogen-bond donors (Lipinski definition) is 0. The zero-order chi connectivity index (χ0) is 13.2. The van der Waals surface area contributed by atoms with Gasteiger partial charge in [-0.15, -0.1) is 11.8 Å². The molecule has 96 valence electrons. The fraction of sp³-hybridized carbons (Fsp3) is 0.133. The Bertz CT molecular complexity index is 627. The first-order valence-electron chi connectivity index (χ1n) is 5.98. The van der Waals surface area contributed by atoms with E-state index in [0.29, 0.717) is 5.56 Å². The average Bonchev–Trinajstić information content (AvgIpc) is 2.90. The van der Waals surface area contributed by atoms with Crippen molar-refractivity contribution < 1.29 is 9.53 Å². The Morgan fingerprint density at radius 3 is 2.58 bits per heavy atom. The topological polar surface area (TPSA) is 29.5 Å². The third kappa shape index (κ3) is 2.08. The zero-order valence-corrected chi connectivity index (χ0v) is 11.3. The summed E-state index contributed by atoms with van der Waals surface area (Å²) in [5.74, 6) is 0.512. The van der Waals surface area contributed by atoms with Crippen LogP contribution in [0.4, 0.5) is 11.4 Å². The Labute approximate surface area is 116 Å². The van der Waals surface area contributed by atoms with Gasteiger partial charge in [0.05, 0.1) is 29.9 Å². The Morgan fingerprint density at radius 1 is 1.11 bits per heavy atom. The van der Waals surface area contributed by atoms with Crippen LogP contribution in [0, 0.1) is 0 Å². The quantitative estimate of drug-likeness (QED) is 0.779. The van der Waals surface area contributed by atoms with Gasteiger partial charge in [-0.2, -0.15) is 0 Å². The van der Waals surface area contributed by atoms with E-state index < -0.39 is 0 Å². The molecule has 0 aromatic heterocycles. The summed E-state index contributed by atoms with van der Waals surface area (Å²) in [4.78, 5) is 15.2. The van der Waals surface area contributed by atoms with E-state index in [1.807, 2.05) is 30.3 Å². The van der Waals surface area contributed by atoms with Crippen molar-refractivity contribution in [2.24, 2.45) is 0 Å². The van der Waals surface area contributed by atoms with Gasteiger partial charge in [-0.3, -0.25) is 0 Å². The SMILES string of the molecule is COC(=O)c1ccccc1N1CSc2ccccc21. The number of carbonyl (C=O) groups excluding carboxylic acids is 1. The van der Waals surface area contributed by atoms with Crippen molar-refractivity contribution in [2.45, 2.75) is 4.90 Å². The summed E-state index contributed by atoms with van der Waals surface area (Å²) in [6, 6.07) is 15.8. The molecule has 0 fully saturated rings. The standard InChI is InChI=1S/C15H13NO2S/c1-18-15(17)11-6-2-3-7-12(11)16-10-19-14-9-5-4-8-13(14)16/h2-9H,10H2,1H3. The summed E-state index contributed by atoms with van der Waals surface area (Å²) in [5, 5.41) is 0. The monoisotopic (exact) mass is 271 g/mol. The van der Waals surface area contributed by atoms with Crippen molar-refractivity contribution in [3.05, 3.63) is 54.1 Å². The zero-order valence-electron chi connectivity index (χ0n) is 10.5. The normalized spacial score (nSPS) is 13.2. The number of thioether (sulfide) groups is 1. The minimum absolute atomic E-state index is 0.301. The largest absolute Gasteiger partial charge is 0.465 e. The highest BCUT2D eigenvalue weighted by molar-refractivity contribution is 7.99. The number of esters is 1. The van der Waals surface area contributed by atoms with Gasteiger partial charge in [0.15, 0.2) is 0 Å². The fourth-order valence-corrected chi connectivity index (χ4v) is 3.24. The second kappa shape index (κ2) is 4.97. The first-order valence-corrected chi connectivity index (χ1v) is 6.96. The molecule has 0 amide bonds. The molecule has 0 bridgehead atoms. The lowest BCUT2D eigenvalue weighted by atomic mass is 10.1. The second-order valence-corrected chi connectivity index (χ2v) is 5.16. The van der Waals surface area contributed by atoms with Gasteiger partial charge in [-0.1, -0.05) is 24.3 Å². The molecule has 0 spiro atoms. The summed E-state index contributed by atoms with van der Waals surface area (Å²) >= 11 is 1.77. The van der Waals surface area contributed by atoms with Crippen molar-refractivity contribution in [3.63, 3.8) is 0 Å². The maximum absolute atomic E-state index is 11.8. The van der Waals surface area contributed by atoms with Gasteiger partial charge in [0.1, 0.15) is 0 Å². The minimum Gasteiger partial charge on any atom is -0.465 e. The molecule has 0 saturated carbocycles. The molecule has 1 aliphatic heterocycles. The van der Waals surface area contributed by atoms with Gasteiger partial charge in [0, 0.05) is 4.90 Å². The summed E-state index contributed by atoms with van der Waals surface area (Å²) in [6.07, 6.45) is 0. The number of para-hydroxylation sites is 2. The van der Waals surface area contributed by atoms with Crippen LogP contribution in [-0.4, -0.2) is 19.0 Å². The van der Waals surface area contributed by atoms with E-state index in [4.69, 9.17) is 4.74 Å². The maximum Gasteiger partial charge on any atom is 0.339 e. The molecule has 2 aromatic rings.